The molecule has 3 aliphatic heterocycles. The first-order chi connectivity index (χ1) is 16.2. The molecule has 4 heterocycles. The summed E-state index contributed by atoms with van der Waals surface area (Å²) >= 11 is 0. The summed E-state index contributed by atoms with van der Waals surface area (Å²) in [7, 11) is 1.67. The van der Waals surface area contributed by atoms with Gasteiger partial charge < -0.3 is 14.8 Å². The molecule has 0 spiro atoms. The van der Waals surface area contributed by atoms with Gasteiger partial charge >= 0.3 is 6.09 Å². The van der Waals surface area contributed by atoms with Gasteiger partial charge in [-0.1, -0.05) is 25.3 Å². The summed E-state index contributed by atoms with van der Waals surface area (Å²) in [6, 6.07) is 8.28. The van der Waals surface area contributed by atoms with Crippen LogP contribution in [0.4, 0.5) is 4.79 Å². The number of hydrogen-bond acceptors (Lipinski definition) is 5. The van der Waals surface area contributed by atoms with Gasteiger partial charge in [0.15, 0.2) is 0 Å². The number of ether oxygens (including phenoxy) is 2. The summed E-state index contributed by atoms with van der Waals surface area (Å²) in [6.45, 7) is 6.08. The molecule has 33 heavy (non-hydrogen) atoms. The first-order valence-corrected chi connectivity index (χ1v) is 12.4. The van der Waals surface area contributed by atoms with Gasteiger partial charge in [-0.25, -0.2) is 4.79 Å². The fourth-order valence-electron chi connectivity index (χ4n) is 6.13. The molecule has 4 aliphatic rings. The number of amides is 1. The number of benzene rings is 1. The second-order valence-corrected chi connectivity index (χ2v) is 9.83. The summed E-state index contributed by atoms with van der Waals surface area (Å²) in [5.41, 5.74) is 1.89. The second kappa shape index (κ2) is 9.72. The van der Waals surface area contributed by atoms with E-state index >= 15 is 0 Å². The van der Waals surface area contributed by atoms with E-state index in [4.69, 9.17) is 9.47 Å². The number of alkyl carbamates (subject to hydrolysis) is 1. The zero-order chi connectivity index (χ0) is 22.8. The molecular formula is C27H35N3O3. The highest BCUT2D eigenvalue weighted by Gasteiger charge is 2.44. The van der Waals surface area contributed by atoms with E-state index in [9.17, 15) is 4.79 Å². The molecule has 1 N–H and O–H groups in total. The minimum Gasteiger partial charge on any atom is -0.497 e. The second-order valence-electron chi connectivity index (χ2n) is 9.83. The molecule has 3 saturated heterocycles. The lowest BCUT2D eigenvalue weighted by Crippen LogP contribution is -2.55. The van der Waals surface area contributed by atoms with Crippen molar-refractivity contribution in [2.75, 3.05) is 20.2 Å². The Morgan fingerprint density at radius 1 is 1.24 bits per heavy atom. The van der Waals surface area contributed by atoms with Crippen LogP contribution in [-0.2, 0) is 4.74 Å². The van der Waals surface area contributed by atoms with E-state index in [0.717, 1.165) is 54.6 Å². The van der Waals surface area contributed by atoms with Gasteiger partial charge in [0.05, 0.1) is 18.7 Å². The molecule has 6 heteroatoms. The van der Waals surface area contributed by atoms with Crippen LogP contribution in [-0.4, -0.2) is 48.3 Å². The maximum absolute atomic E-state index is 13.1. The van der Waals surface area contributed by atoms with Crippen LogP contribution >= 0.6 is 0 Å². The lowest BCUT2D eigenvalue weighted by molar-refractivity contribution is -0.0503. The number of carbonyl (C=O) groups excluding carboxylic acids is 1. The van der Waals surface area contributed by atoms with E-state index in [1.807, 2.05) is 30.5 Å². The number of hydrogen-bond donors (Lipinski definition) is 1. The van der Waals surface area contributed by atoms with Crippen molar-refractivity contribution in [1.29, 1.82) is 0 Å². The van der Waals surface area contributed by atoms with Crippen molar-refractivity contribution in [2.45, 2.75) is 63.1 Å². The topological polar surface area (TPSA) is 63.7 Å². The van der Waals surface area contributed by atoms with Crippen molar-refractivity contribution in [1.82, 2.24) is 15.2 Å². The SMILES string of the molecule is C=C[C@H]1CN2CCC1C[C@H]2[C@H](OC(=O)NC1CCCCC1)c1ccnc2ccc(OC)cc12. The molecule has 2 bridgehead atoms. The largest absolute Gasteiger partial charge is 0.497 e. The molecule has 2 aromatic rings. The standard InChI is InChI=1S/C27H35N3O3/c1-3-18-17-30-14-12-19(18)15-25(30)26(33-27(31)29-20-7-5-4-6-8-20)22-11-13-28-24-10-9-21(32-2)16-23(22)24/h3,9-11,13,16,18-20,25-26H,1,4-8,12,14-15,17H2,2H3,(H,29,31)/t18-,19?,25-,26+/m0/s1. The normalized spacial score (nSPS) is 28.3. The molecule has 1 saturated carbocycles. The molecule has 6 rings (SSSR count). The molecule has 2 unspecified atom stereocenters. The number of aromatic nitrogens is 1. The number of nitrogens with zero attached hydrogens (tertiary/aromatic N) is 2. The third kappa shape index (κ3) is 4.58. The Kier molecular flexibility index (Phi) is 6.54. The maximum Gasteiger partial charge on any atom is 0.408 e. The summed E-state index contributed by atoms with van der Waals surface area (Å²) in [5, 5.41) is 4.14. The highest BCUT2D eigenvalue weighted by molar-refractivity contribution is 5.84. The molecular weight excluding hydrogens is 414 g/mol. The van der Waals surface area contributed by atoms with Crippen LogP contribution in [0.15, 0.2) is 43.1 Å². The van der Waals surface area contributed by atoms with Crippen molar-refractivity contribution in [3.63, 3.8) is 0 Å². The van der Waals surface area contributed by atoms with E-state index in [1.165, 1.54) is 25.7 Å². The van der Waals surface area contributed by atoms with Crippen LogP contribution in [0.1, 0.15) is 56.6 Å². The fourth-order valence-corrected chi connectivity index (χ4v) is 6.13. The summed E-state index contributed by atoms with van der Waals surface area (Å²) in [6.07, 6.45) is 11.1. The van der Waals surface area contributed by atoms with Gasteiger partial charge in [-0.05, 0) is 68.3 Å². The number of piperidine rings is 3. The van der Waals surface area contributed by atoms with Crippen LogP contribution in [0.3, 0.4) is 0 Å². The van der Waals surface area contributed by atoms with Gasteiger partial charge in [0, 0.05) is 29.7 Å². The predicted molar refractivity (Wildman–Crippen MR) is 129 cm³/mol. The average molecular weight is 450 g/mol. The maximum atomic E-state index is 13.1. The molecule has 6 nitrogen and oxygen atoms in total. The Hall–Kier alpha value is -2.60. The van der Waals surface area contributed by atoms with Gasteiger partial charge in [-0.15, -0.1) is 6.58 Å². The van der Waals surface area contributed by atoms with Crippen LogP contribution in [0.5, 0.6) is 5.75 Å². The third-order valence-electron chi connectivity index (χ3n) is 7.95. The summed E-state index contributed by atoms with van der Waals surface area (Å²) in [4.78, 5) is 20.2. The Morgan fingerprint density at radius 3 is 2.82 bits per heavy atom. The van der Waals surface area contributed by atoms with Crippen molar-refractivity contribution in [3.8, 4) is 5.75 Å². The van der Waals surface area contributed by atoms with Crippen molar-refractivity contribution in [2.24, 2.45) is 11.8 Å². The molecule has 1 aromatic carbocycles. The smallest absolute Gasteiger partial charge is 0.408 e. The first kappa shape index (κ1) is 22.2. The van der Waals surface area contributed by atoms with E-state index < -0.39 is 0 Å². The van der Waals surface area contributed by atoms with Crippen molar-refractivity contribution < 1.29 is 14.3 Å². The fraction of sp³-hybridized carbons (Fsp3) is 0.556. The minimum atomic E-state index is -0.361. The zero-order valence-corrected chi connectivity index (χ0v) is 19.5. The minimum absolute atomic E-state index is 0.147. The lowest BCUT2D eigenvalue weighted by atomic mass is 9.73. The quantitative estimate of drug-likeness (QED) is 0.611. The number of nitrogens with one attached hydrogen (secondary N) is 1. The molecule has 1 amide bonds. The summed E-state index contributed by atoms with van der Waals surface area (Å²) in [5.74, 6) is 1.88. The van der Waals surface area contributed by atoms with Gasteiger partial charge in [-0.2, -0.15) is 0 Å². The molecule has 176 valence electrons. The lowest BCUT2D eigenvalue weighted by Gasteiger charge is -2.51. The number of rotatable bonds is 6. The number of carbonyl (C=O) groups is 1. The molecule has 1 aromatic heterocycles. The predicted octanol–water partition coefficient (Wildman–Crippen LogP) is 5.24. The number of methoxy groups -OCH3 is 1. The van der Waals surface area contributed by atoms with Crippen LogP contribution < -0.4 is 10.1 Å². The Morgan fingerprint density at radius 2 is 2.09 bits per heavy atom. The van der Waals surface area contributed by atoms with E-state index in [1.54, 1.807) is 7.11 Å². The molecule has 5 atom stereocenters. The van der Waals surface area contributed by atoms with Gasteiger partial charge in [-0.3, -0.25) is 9.88 Å². The van der Waals surface area contributed by atoms with Crippen LogP contribution in [0.25, 0.3) is 10.9 Å². The van der Waals surface area contributed by atoms with Gasteiger partial charge in [0.2, 0.25) is 0 Å². The first-order valence-electron chi connectivity index (χ1n) is 12.4. The summed E-state index contributed by atoms with van der Waals surface area (Å²) < 4.78 is 11.8. The average Bonchev–Trinajstić information content (AvgIpc) is 2.87. The van der Waals surface area contributed by atoms with E-state index in [2.05, 4.69) is 27.9 Å². The van der Waals surface area contributed by atoms with Gasteiger partial charge in [0.1, 0.15) is 11.9 Å². The van der Waals surface area contributed by atoms with Crippen molar-refractivity contribution >= 4 is 17.0 Å². The molecule has 1 aliphatic carbocycles. The van der Waals surface area contributed by atoms with Crippen LogP contribution in [0, 0.1) is 11.8 Å². The van der Waals surface area contributed by atoms with Crippen LogP contribution in [0.2, 0.25) is 0 Å². The Bertz CT molecular complexity index is 1000. The van der Waals surface area contributed by atoms with E-state index in [-0.39, 0.29) is 24.3 Å². The highest BCUT2D eigenvalue weighted by Crippen LogP contribution is 2.43. The van der Waals surface area contributed by atoms with Gasteiger partial charge in [0.25, 0.3) is 0 Å². The van der Waals surface area contributed by atoms with E-state index in [0.29, 0.717) is 11.8 Å². The third-order valence-corrected chi connectivity index (χ3v) is 7.95. The molecule has 0 radical (unpaired) electrons. The number of fused-ring (bicyclic) bond motifs is 4. The Balaban J connectivity index is 1.47. The monoisotopic (exact) mass is 449 g/mol. The molecule has 4 fully saturated rings. The highest BCUT2D eigenvalue weighted by atomic mass is 16.6. The zero-order valence-electron chi connectivity index (χ0n) is 19.5. The van der Waals surface area contributed by atoms with Crippen molar-refractivity contribution in [3.05, 3.63) is 48.7 Å². The Labute approximate surface area is 196 Å². The number of pyridine rings is 1.